The maximum atomic E-state index is 12.0. The zero-order valence-electron chi connectivity index (χ0n) is 11.0. The minimum atomic E-state index is -1.22. The third-order valence-corrected chi connectivity index (χ3v) is 3.51. The van der Waals surface area contributed by atoms with Crippen molar-refractivity contribution in [2.45, 2.75) is 26.2 Å². The predicted molar refractivity (Wildman–Crippen MR) is 70.3 cm³/mol. The second-order valence-corrected chi connectivity index (χ2v) is 4.72. The van der Waals surface area contributed by atoms with Gasteiger partial charge in [0.1, 0.15) is 11.2 Å². The number of hydrogen-bond acceptors (Lipinski definition) is 3. The lowest BCUT2D eigenvalue weighted by molar-refractivity contribution is -0.147. The first-order chi connectivity index (χ1) is 9.03. The fourth-order valence-corrected chi connectivity index (χ4v) is 2.05. The van der Waals surface area contributed by atoms with Gasteiger partial charge in [-0.3, -0.25) is 9.59 Å². The number of carbonyl (C=O) groups excluding carboxylic acids is 1. The SMILES string of the molecule is CCc1cc(NC(=O)C2(C(=O)O)CC2)ccc1OC. The van der Waals surface area contributed by atoms with E-state index in [0.29, 0.717) is 18.5 Å². The average molecular weight is 263 g/mol. The van der Waals surface area contributed by atoms with Gasteiger partial charge >= 0.3 is 5.97 Å². The molecule has 2 N–H and O–H groups in total. The Balaban J connectivity index is 2.16. The molecule has 102 valence electrons. The number of rotatable bonds is 5. The number of carboxylic acids is 1. The first kappa shape index (κ1) is 13.4. The summed E-state index contributed by atoms with van der Waals surface area (Å²) in [6, 6.07) is 5.30. The highest BCUT2D eigenvalue weighted by atomic mass is 16.5. The largest absolute Gasteiger partial charge is 0.496 e. The summed E-state index contributed by atoms with van der Waals surface area (Å²) in [6.45, 7) is 1.99. The van der Waals surface area contributed by atoms with Crippen molar-refractivity contribution >= 4 is 17.6 Å². The van der Waals surface area contributed by atoms with Gasteiger partial charge in [-0.2, -0.15) is 0 Å². The Morgan fingerprint density at radius 1 is 1.42 bits per heavy atom. The van der Waals surface area contributed by atoms with Gasteiger partial charge in [-0.1, -0.05) is 6.92 Å². The summed E-state index contributed by atoms with van der Waals surface area (Å²) >= 11 is 0. The normalized spacial score (nSPS) is 15.7. The second kappa shape index (κ2) is 4.91. The number of hydrogen-bond donors (Lipinski definition) is 2. The molecule has 1 aromatic carbocycles. The monoisotopic (exact) mass is 263 g/mol. The van der Waals surface area contributed by atoms with Crippen LogP contribution in [0.4, 0.5) is 5.69 Å². The van der Waals surface area contributed by atoms with Gasteiger partial charge in [0.15, 0.2) is 0 Å². The van der Waals surface area contributed by atoms with Crippen molar-refractivity contribution in [3.05, 3.63) is 23.8 Å². The van der Waals surface area contributed by atoms with Gasteiger partial charge in [0, 0.05) is 5.69 Å². The minimum absolute atomic E-state index is 0.408. The molecule has 0 saturated heterocycles. The van der Waals surface area contributed by atoms with Gasteiger partial charge in [-0.15, -0.1) is 0 Å². The zero-order chi connectivity index (χ0) is 14.0. The zero-order valence-corrected chi connectivity index (χ0v) is 11.0. The lowest BCUT2D eigenvalue weighted by Gasteiger charge is -2.13. The molecule has 1 aromatic rings. The van der Waals surface area contributed by atoms with Crippen molar-refractivity contribution in [2.75, 3.05) is 12.4 Å². The molecule has 0 radical (unpaired) electrons. The van der Waals surface area contributed by atoms with Crippen molar-refractivity contribution in [2.24, 2.45) is 5.41 Å². The summed E-state index contributed by atoms with van der Waals surface area (Å²) in [5, 5.41) is 11.7. The van der Waals surface area contributed by atoms with Crippen LogP contribution in [0, 0.1) is 5.41 Å². The first-order valence-corrected chi connectivity index (χ1v) is 6.25. The van der Waals surface area contributed by atoms with E-state index in [1.165, 1.54) is 0 Å². The Morgan fingerprint density at radius 2 is 2.11 bits per heavy atom. The molecular formula is C14H17NO4. The van der Waals surface area contributed by atoms with Gasteiger partial charge in [0.05, 0.1) is 7.11 Å². The fraction of sp³-hybridized carbons (Fsp3) is 0.429. The molecule has 19 heavy (non-hydrogen) atoms. The van der Waals surface area contributed by atoms with E-state index in [0.717, 1.165) is 17.7 Å². The van der Waals surface area contributed by atoms with Gasteiger partial charge in [0.2, 0.25) is 5.91 Å². The molecule has 0 aromatic heterocycles. The van der Waals surface area contributed by atoms with Crippen molar-refractivity contribution in [1.82, 2.24) is 0 Å². The number of carbonyl (C=O) groups is 2. The predicted octanol–water partition coefficient (Wildman–Crippen LogP) is 2.06. The summed E-state index contributed by atoms with van der Waals surface area (Å²) in [5.41, 5.74) is 0.363. The van der Waals surface area contributed by atoms with E-state index in [2.05, 4.69) is 5.32 Å². The van der Waals surface area contributed by atoms with E-state index in [1.807, 2.05) is 13.0 Å². The molecule has 1 amide bonds. The smallest absolute Gasteiger partial charge is 0.319 e. The third-order valence-electron chi connectivity index (χ3n) is 3.51. The van der Waals surface area contributed by atoms with Crippen LogP contribution in [0.1, 0.15) is 25.3 Å². The fourth-order valence-electron chi connectivity index (χ4n) is 2.05. The van der Waals surface area contributed by atoms with E-state index < -0.39 is 17.3 Å². The Labute approximate surface area is 111 Å². The molecule has 2 rings (SSSR count). The maximum absolute atomic E-state index is 12.0. The number of amides is 1. The molecule has 0 aliphatic heterocycles. The summed E-state index contributed by atoms with van der Waals surface area (Å²) < 4.78 is 5.21. The van der Waals surface area contributed by atoms with Crippen LogP contribution in [0.2, 0.25) is 0 Å². The number of benzene rings is 1. The van der Waals surface area contributed by atoms with E-state index in [1.54, 1.807) is 19.2 Å². The molecule has 0 spiro atoms. The molecule has 5 heteroatoms. The molecule has 5 nitrogen and oxygen atoms in total. The van der Waals surface area contributed by atoms with Crippen LogP contribution >= 0.6 is 0 Å². The van der Waals surface area contributed by atoms with Gasteiger partial charge < -0.3 is 15.2 Å². The van der Waals surface area contributed by atoms with Gasteiger partial charge in [0.25, 0.3) is 0 Å². The van der Waals surface area contributed by atoms with Crippen molar-refractivity contribution in [1.29, 1.82) is 0 Å². The molecule has 1 aliphatic rings. The maximum Gasteiger partial charge on any atom is 0.319 e. The lowest BCUT2D eigenvalue weighted by atomic mass is 10.1. The van der Waals surface area contributed by atoms with Gasteiger partial charge in [-0.25, -0.2) is 0 Å². The highest BCUT2D eigenvalue weighted by molar-refractivity contribution is 6.10. The third kappa shape index (κ3) is 2.41. The average Bonchev–Trinajstić information content (AvgIpc) is 3.20. The van der Waals surface area contributed by atoms with Crippen molar-refractivity contribution in [3.63, 3.8) is 0 Å². The summed E-state index contributed by atoms with van der Waals surface area (Å²) in [7, 11) is 1.59. The van der Waals surface area contributed by atoms with E-state index in [9.17, 15) is 9.59 Å². The van der Waals surface area contributed by atoms with Crippen LogP contribution in [0.3, 0.4) is 0 Å². The summed E-state index contributed by atoms with van der Waals surface area (Å²) in [6.07, 6.45) is 1.59. The van der Waals surface area contributed by atoms with Crippen LogP contribution in [0.15, 0.2) is 18.2 Å². The lowest BCUT2D eigenvalue weighted by Crippen LogP contribution is -2.31. The Morgan fingerprint density at radius 3 is 2.58 bits per heavy atom. The second-order valence-electron chi connectivity index (χ2n) is 4.72. The molecule has 1 aliphatic carbocycles. The van der Waals surface area contributed by atoms with Crippen LogP contribution in [-0.2, 0) is 16.0 Å². The molecule has 0 unspecified atom stereocenters. The number of methoxy groups -OCH3 is 1. The van der Waals surface area contributed by atoms with Crippen LogP contribution in [0.5, 0.6) is 5.75 Å². The summed E-state index contributed by atoms with van der Waals surface area (Å²) in [5.74, 6) is -0.721. The highest BCUT2D eigenvalue weighted by Crippen LogP contribution is 2.46. The number of nitrogens with one attached hydrogen (secondary N) is 1. The molecule has 1 fully saturated rings. The van der Waals surface area contributed by atoms with Crippen LogP contribution in [0.25, 0.3) is 0 Å². The highest BCUT2D eigenvalue weighted by Gasteiger charge is 2.57. The Hall–Kier alpha value is -2.04. The van der Waals surface area contributed by atoms with Crippen molar-refractivity contribution < 1.29 is 19.4 Å². The minimum Gasteiger partial charge on any atom is -0.496 e. The quantitative estimate of drug-likeness (QED) is 0.797. The van der Waals surface area contributed by atoms with E-state index in [-0.39, 0.29) is 0 Å². The van der Waals surface area contributed by atoms with Crippen LogP contribution in [-0.4, -0.2) is 24.1 Å². The molecule has 0 bridgehead atoms. The topological polar surface area (TPSA) is 75.6 Å². The molecule has 0 atom stereocenters. The Bertz CT molecular complexity index is 520. The molecule has 0 heterocycles. The number of ether oxygens (including phenoxy) is 1. The first-order valence-electron chi connectivity index (χ1n) is 6.25. The standard InChI is InChI=1S/C14H17NO4/c1-3-9-8-10(4-5-11(9)19-2)15-12(16)14(6-7-14)13(17)18/h4-5,8H,3,6-7H2,1-2H3,(H,15,16)(H,17,18). The number of carboxylic acid groups (broad SMARTS) is 1. The molecule has 1 saturated carbocycles. The molecular weight excluding hydrogens is 246 g/mol. The van der Waals surface area contributed by atoms with E-state index >= 15 is 0 Å². The number of aliphatic carboxylic acids is 1. The van der Waals surface area contributed by atoms with Gasteiger partial charge in [-0.05, 0) is 43.0 Å². The van der Waals surface area contributed by atoms with Crippen LogP contribution < -0.4 is 10.1 Å². The van der Waals surface area contributed by atoms with Crippen molar-refractivity contribution in [3.8, 4) is 5.75 Å². The summed E-state index contributed by atoms with van der Waals surface area (Å²) in [4.78, 5) is 23.0. The number of aryl methyl sites for hydroxylation is 1. The van der Waals surface area contributed by atoms with E-state index in [4.69, 9.17) is 9.84 Å². The Kier molecular flexibility index (Phi) is 3.46. The number of anilines is 1.